The number of aryl methyl sites for hydroxylation is 1. The van der Waals surface area contributed by atoms with E-state index in [9.17, 15) is 9.59 Å². The van der Waals surface area contributed by atoms with Crippen LogP contribution in [-0.2, 0) is 9.59 Å². The van der Waals surface area contributed by atoms with E-state index in [0.717, 1.165) is 17.6 Å². The second-order valence-corrected chi connectivity index (χ2v) is 7.11. The molecule has 1 heterocycles. The zero-order chi connectivity index (χ0) is 21.5. The summed E-state index contributed by atoms with van der Waals surface area (Å²) in [5, 5.41) is 9.83. The number of rotatable bonds is 7. The number of allylic oxidation sites excluding steroid dienone is 1. The Morgan fingerprint density at radius 3 is 2.40 bits per heavy atom. The molecule has 3 rings (SSSR count). The van der Waals surface area contributed by atoms with Gasteiger partial charge in [0, 0.05) is 29.8 Å². The van der Waals surface area contributed by atoms with E-state index >= 15 is 0 Å². The number of hydrogen-bond donors (Lipinski definition) is 2. The Morgan fingerprint density at radius 2 is 1.77 bits per heavy atom. The van der Waals surface area contributed by atoms with Crippen LogP contribution in [0, 0.1) is 6.92 Å². The van der Waals surface area contributed by atoms with Gasteiger partial charge in [0.2, 0.25) is 11.8 Å². The fourth-order valence-corrected chi connectivity index (χ4v) is 3.05. The Morgan fingerprint density at radius 1 is 1.07 bits per heavy atom. The van der Waals surface area contributed by atoms with Crippen molar-refractivity contribution in [3.8, 4) is 0 Å². The van der Waals surface area contributed by atoms with Crippen LogP contribution in [-0.4, -0.2) is 21.6 Å². The average Bonchev–Trinajstić information content (AvgIpc) is 3.27. The monoisotopic (exact) mass is 402 g/mol. The van der Waals surface area contributed by atoms with Crippen LogP contribution in [0.2, 0.25) is 0 Å². The lowest BCUT2D eigenvalue weighted by Crippen LogP contribution is -2.24. The molecular weight excluding hydrogens is 376 g/mol. The minimum Gasteiger partial charge on any atom is -0.324 e. The van der Waals surface area contributed by atoms with E-state index < -0.39 is 6.04 Å². The summed E-state index contributed by atoms with van der Waals surface area (Å²) < 4.78 is 1.59. The summed E-state index contributed by atoms with van der Waals surface area (Å²) in [6.45, 7) is 5.83. The van der Waals surface area contributed by atoms with Crippen molar-refractivity contribution in [3.63, 3.8) is 0 Å². The standard InChI is InChI=1S/C24H26N4O2/c1-4-19(20-11-9-17(2)10-12-20)15-23(29)26-21-7-5-8-22(16-21)27-24(30)18(3)28-14-6-13-25-28/h5-16,18H,4H2,1-3H3,(H,26,29)(H,27,30)/b19-15-/t18-/m1/s1. The first-order valence-corrected chi connectivity index (χ1v) is 9.95. The van der Waals surface area contributed by atoms with E-state index in [1.165, 1.54) is 5.56 Å². The van der Waals surface area contributed by atoms with Crippen molar-refractivity contribution >= 4 is 28.8 Å². The zero-order valence-corrected chi connectivity index (χ0v) is 17.4. The molecule has 0 aliphatic heterocycles. The number of nitrogens with one attached hydrogen (secondary N) is 2. The third-order valence-electron chi connectivity index (χ3n) is 4.81. The number of aromatic nitrogens is 2. The fourth-order valence-electron chi connectivity index (χ4n) is 3.05. The minimum atomic E-state index is -0.442. The molecule has 0 unspecified atom stereocenters. The van der Waals surface area contributed by atoms with Crippen LogP contribution in [0.3, 0.4) is 0 Å². The molecule has 0 saturated heterocycles. The van der Waals surface area contributed by atoms with Gasteiger partial charge >= 0.3 is 0 Å². The molecule has 0 aliphatic carbocycles. The first-order chi connectivity index (χ1) is 14.5. The maximum absolute atomic E-state index is 12.5. The van der Waals surface area contributed by atoms with Gasteiger partial charge in [0.25, 0.3) is 0 Å². The summed E-state index contributed by atoms with van der Waals surface area (Å²) in [5.74, 6) is -0.393. The molecule has 0 spiro atoms. The van der Waals surface area contributed by atoms with Crippen molar-refractivity contribution in [3.05, 3.63) is 84.2 Å². The first kappa shape index (κ1) is 21.0. The molecule has 6 heteroatoms. The van der Waals surface area contributed by atoms with Crippen LogP contribution in [0.4, 0.5) is 11.4 Å². The summed E-state index contributed by atoms with van der Waals surface area (Å²) in [6.07, 6.45) is 5.74. The van der Waals surface area contributed by atoms with Crippen LogP contribution < -0.4 is 10.6 Å². The van der Waals surface area contributed by atoms with E-state index in [4.69, 9.17) is 0 Å². The van der Waals surface area contributed by atoms with Gasteiger partial charge in [-0.2, -0.15) is 5.10 Å². The minimum absolute atomic E-state index is 0.185. The van der Waals surface area contributed by atoms with Crippen LogP contribution in [0.15, 0.2) is 73.1 Å². The lowest BCUT2D eigenvalue weighted by atomic mass is 10.0. The summed E-state index contributed by atoms with van der Waals surface area (Å²) in [7, 11) is 0. The molecule has 0 radical (unpaired) electrons. The highest BCUT2D eigenvalue weighted by Crippen LogP contribution is 2.20. The molecule has 3 aromatic rings. The molecule has 0 fully saturated rings. The molecule has 2 amide bonds. The van der Waals surface area contributed by atoms with Crippen LogP contribution in [0.25, 0.3) is 5.57 Å². The predicted molar refractivity (Wildman–Crippen MR) is 120 cm³/mol. The Balaban J connectivity index is 1.67. The lowest BCUT2D eigenvalue weighted by molar-refractivity contribution is -0.119. The summed E-state index contributed by atoms with van der Waals surface area (Å²) in [4.78, 5) is 25.0. The average molecular weight is 402 g/mol. The SMILES string of the molecule is CC/C(=C/C(=O)Nc1cccc(NC(=O)[C@@H](C)n2cccn2)c1)c1ccc(C)cc1. The molecule has 0 bridgehead atoms. The summed E-state index contributed by atoms with van der Waals surface area (Å²) >= 11 is 0. The van der Waals surface area contributed by atoms with Crippen molar-refractivity contribution in [2.24, 2.45) is 0 Å². The van der Waals surface area contributed by atoms with Crippen LogP contribution in [0.1, 0.15) is 37.4 Å². The van der Waals surface area contributed by atoms with E-state index in [0.29, 0.717) is 11.4 Å². The molecule has 2 N–H and O–H groups in total. The molecular formula is C24H26N4O2. The molecule has 30 heavy (non-hydrogen) atoms. The van der Waals surface area contributed by atoms with E-state index in [1.54, 1.807) is 60.4 Å². The highest BCUT2D eigenvalue weighted by atomic mass is 16.2. The lowest BCUT2D eigenvalue weighted by Gasteiger charge is -2.13. The van der Waals surface area contributed by atoms with Crippen molar-refractivity contribution in [2.75, 3.05) is 10.6 Å². The van der Waals surface area contributed by atoms with E-state index in [2.05, 4.69) is 15.7 Å². The Kier molecular flexibility index (Phi) is 6.80. The zero-order valence-electron chi connectivity index (χ0n) is 17.4. The number of benzene rings is 2. The van der Waals surface area contributed by atoms with E-state index in [-0.39, 0.29) is 11.8 Å². The smallest absolute Gasteiger partial charge is 0.248 e. The molecule has 6 nitrogen and oxygen atoms in total. The normalized spacial score (nSPS) is 12.3. The van der Waals surface area contributed by atoms with Gasteiger partial charge in [-0.3, -0.25) is 14.3 Å². The molecule has 154 valence electrons. The molecule has 0 saturated carbocycles. The maximum Gasteiger partial charge on any atom is 0.248 e. The summed E-state index contributed by atoms with van der Waals surface area (Å²) in [5.41, 5.74) is 4.39. The highest BCUT2D eigenvalue weighted by Gasteiger charge is 2.15. The first-order valence-electron chi connectivity index (χ1n) is 9.95. The third kappa shape index (κ3) is 5.44. The number of carbonyl (C=O) groups is 2. The Bertz CT molecular complexity index is 1040. The second kappa shape index (κ2) is 9.69. The number of amides is 2. The Labute approximate surface area is 176 Å². The van der Waals surface area contributed by atoms with Crippen molar-refractivity contribution < 1.29 is 9.59 Å². The fraction of sp³-hybridized carbons (Fsp3) is 0.208. The van der Waals surface area contributed by atoms with Gasteiger partial charge in [0.15, 0.2) is 0 Å². The molecule has 1 atom stereocenters. The number of hydrogen-bond acceptors (Lipinski definition) is 3. The van der Waals surface area contributed by atoms with E-state index in [1.807, 2.05) is 38.1 Å². The van der Waals surface area contributed by atoms with Crippen LogP contribution >= 0.6 is 0 Å². The quantitative estimate of drug-likeness (QED) is 0.556. The summed E-state index contributed by atoms with van der Waals surface area (Å²) in [6, 6.07) is 16.5. The van der Waals surface area contributed by atoms with Gasteiger partial charge in [-0.15, -0.1) is 0 Å². The van der Waals surface area contributed by atoms with Gasteiger partial charge in [-0.1, -0.05) is 42.8 Å². The molecule has 2 aromatic carbocycles. The topological polar surface area (TPSA) is 76.0 Å². The van der Waals surface area contributed by atoms with Crippen molar-refractivity contribution in [2.45, 2.75) is 33.2 Å². The number of nitrogens with zero attached hydrogens (tertiary/aromatic N) is 2. The van der Waals surface area contributed by atoms with Gasteiger partial charge in [-0.25, -0.2) is 0 Å². The van der Waals surface area contributed by atoms with Gasteiger partial charge < -0.3 is 10.6 Å². The Hall–Kier alpha value is -3.67. The second-order valence-electron chi connectivity index (χ2n) is 7.11. The number of carbonyl (C=O) groups excluding carboxylic acids is 2. The van der Waals surface area contributed by atoms with Gasteiger partial charge in [-0.05, 0) is 55.7 Å². The molecule has 0 aliphatic rings. The van der Waals surface area contributed by atoms with Gasteiger partial charge in [0.05, 0.1) is 0 Å². The van der Waals surface area contributed by atoms with Gasteiger partial charge in [0.1, 0.15) is 6.04 Å². The number of anilines is 2. The predicted octanol–water partition coefficient (Wildman–Crippen LogP) is 4.82. The highest BCUT2D eigenvalue weighted by molar-refractivity contribution is 6.04. The maximum atomic E-state index is 12.5. The largest absolute Gasteiger partial charge is 0.324 e. The van der Waals surface area contributed by atoms with Crippen LogP contribution in [0.5, 0.6) is 0 Å². The third-order valence-corrected chi connectivity index (χ3v) is 4.81. The van der Waals surface area contributed by atoms with Crippen molar-refractivity contribution in [1.82, 2.24) is 9.78 Å². The van der Waals surface area contributed by atoms with Crippen molar-refractivity contribution in [1.29, 1.82) is 0 Å². The molecule has 1 aromatic heterocycles.